The first-order valence-electron chi connectivity index (χ1n) is 9.08. The molecule has 0 spiro atoms. The van der Waals surface area contributed by atoms with Gasteiger partial charge in [-0.2, -0.15) is 5.26 Å². The number of fused-ring (bicyclic) bond motifs is 1. The second-order valence-electron chi connectivity index (χ2n) is 6.57. The SMILES string of the molecule is CCC1=C(N(C)c2cnc(CC#N)cc2CC)C=c2c(ncn2C)=CC1. The summed E-state index contributed by atoms with van der Waals surface area (Å²) in [6.45, 7) is 4.34. The molecule has 0 unspecified atom stereocenters. The van der Waals surface area contributed by atoms with Gasteiger partial charge in [0.25, 0.3) is 0 Å². The minimum absolute atomic E-state index is 0.347. The van der Waals surface area contributed by atoms with E-state index in [2.05, 4.69) is 64.6 Å². The minimum Gasteiger partial charge on any atom is -0.343 e. The minimum atomic E-state index is 0.347. The maximum absolute atomic E-state index is 8.94. The van der Waals surface area contributed by atoms with Crippen molar-refractivity contribution in [3.05, 3.63) is 51.8 Å². The highest BCUT2D eigenvalue weighted by Crippen LogP contribution is 2.28. The van der Waals surface area contributed by atoms with Crippen molar-refractivity contribution in [1.82, 2.24) is 14.5 Å². The molecular formula is C21H25N5. The molecule has 134 valence electrons. The summed E-state index contributed by atoms with van der Waals surface area (Å²) in [4.78, 5) is 11.2. The molecule has 3 rings (SSSR count). The van der Waals surface area contributed by atoms with Crippen molar-refractivity contribution in [1.29, 1.82) is 5.26 Å². The van der Waals surface area contributed by atoms with Crippen LogP contribution in [0.25, 0.3) is 12.2 Å². The van der Waals surface area contributed by atoms with Gasteiger partial charge in [-0.05, 0) is 42.5 Å². The normalized spacial score (nSPS) is 13.3. The second-order valence-corrected chi connectivity index (χ2v) is 6.57. The van der Waals surface area contributed by atoms with Crippen LogP contribution in [0, 0.1) is 11.3 Å². The average Bonchev–Trinajstić information content (AvgIpc) is 2.89. The van der Waals surface area contributed by atoms with E-state index >= 15 is 0 Å². The van der Waals surface area contributed by atoms with E-state index in [1.165, 1.54) is 16.8 Å². The fourth-order valence-electron chi connectivity index (χ4n) is 3.44. The Balaban J connectivity index is 2.12. The lowest BCUT2D eigenvalue weighted by molar-refractivity contribution is 0.878. The quantitative estimate of drug-likeness (QED) is 0.832. The Bertz CT molecular complexity index is 1000. The van der Waals surface area contributed by atoms with Gasteiger partial charge in [-0.1, -0.05) is 19.9 Å². The number of rotatable bonds is 5. The molecule has 0 aliphatic heterocycles. The van der Waals surface area contributed by atoms with Crippen molar-refractivity contribution in [2.75, 3.05) is 11.9 Å². The molecule has 0 atom stereocenters. The van der Waals surface area contributed by atoms with Crippen molar-refractivity contribution < 1.29 is 0 Å². The molecule has 1 aliphatic rings. The zero-order valence-electron chi connectivity index (χ0n) is 16.0. The summed E-state index contributed by atoms with van der Waals surface area (Å²) in [7, 11) is 4.13. The smallest absolute Gasteiger partial charge is 0.0955 e. The standard InChI is InChI=1S/C21H25N5/c1-5-15-7-8-18-20(25(3)14-24-18)12-19(15)26(4)21-13-23-17(9-10-22)11-16(21)6-2/h8,11-14H,5-7,9H2,1-4H3. The summed E-state index contributed by atoms with van der Waals surface area (Å²) in [5.41, 5.74) is 5.72. The number of aromatic nitrogens is 3. The molecule has 26 heavy (non-hydrogen) atoms. The topological polar surface area (TPSA) is 57.7 Å². The highest BCUT2D eigenvalue weighted by atomic mass is 15.1. The van der Waals surface area contributed by atoms with Gasteiger partial charge in [0.05, 0.1) is 47.1 Å². The van der Waals surface area contributed by atoms with E-state index in [1.807, 2.05) is 19.6 Å². The molecule has 0 radical (unpaired) electrons. The first kappa shape index (κ1) is 17.9. The Kier molecular flexibility index (Phi) is 5.22. The van der Waals surface area contributed by atoms with E-state index in [0.717, 1.165) is 41.3 Å². The molecule has 0 bridgehead atoms. The second kappa shape index (κ2) is 7.57. The lowest BCUT2D eigenvalue weighted by Gasteiger charge is -2.25. The molecule has 5 nitrogen and oxygen atoms in total. The number of aryl methyl sites for hydroxylation is 2. The van der Waals surface area contributed by atoms with Crippen LogP contribution in [0.4, 0.5) is 5.69 Å². The molecule has 0 amide bonds. The fraction of sp³-hybridized carbons (Fsp3) is 0.381. The van der Waals surface area contributed by atoms with Crippen molar-refractivity contribution >= 4 is 17.8 Å². The molecule has 0 saturated heterocycles. The molecule has 0 aromatic carbocycles. The zero-order valence-corrected chi connectivity index (χ0v) is 16.0. The molecule has 0 saturated carbocycles. The third kappa shape index (κ3) is 3.28. The van der Waals surface area contributed by atoms with E-state index in [4.69, 9.17) is 5.26 Å². The number of imidazole rings is 1. The van der Waals surface area contributed by atoms with Crippen LogP contribution in [0.1, 0.15) is 37.9 Å². The Morgan fingerprint density at radius 2 is 2.08 bits per heavy atom. The van der Waals surface area contributed by atoms with Crippen molar-refractivity contribution in [3.8, 4) is 6.07 Å². The Labute approximate surface area is 154 Å². The van der Waals surface area contributed by atoms with Crippen LogP contribution in [-0.2, 0) is 19.9 Å². The van der Waals surface area contributed by atoms with Crippen LogP contribution < -0.4 is 15.6 Å². The lowest BCUT2D eigenvalue weighted by atomic mass is 10.0. The Hall–Kier alpha value is -2.87. The van der Waals surface area contributed by atoms with Gasteiger partial charge in [-0.25, -0.2) is 4.98 Å². The summed E-state index contributed by atoms with van der Waals surface area (Å²) in [6, 6.07) is 4.24. The number of nitriles is 1. The number of hydrogen-bond acceptors (Lipinski definition) is 4. The highest BCUT2D eigenvalue weighted by Gasteiger charge is 2.16. The zero-order chi connectivity index (χ0) is 18.7. The molecule has 5 heteroatoms. The monoisotopic (exact) mass is 347 g/mol. The number of anilines is 1. The summed E-state index contributed by atoms with van der Waals surface area (Å²) >= 11 is 0. The molecular weight excluding hydrogens is 322 g/mol. The van der Waals surface area contributed by atoms with Crippen molar-refractivity contribution in [3.63, 3.8) is 0 Å². The van der Waals surface area contributed by atoms with Crippen molar-refractivity contribution in [2.24, 2.45) is 7.05 Å². The van der Waals surface area contributed by atoms with Gasteiger partial charge in [0.2, 0.25) is 0 Å². The van der Waals surface area contributed by atoms with Crippen LogP contribution in [0.15, 0.2) is 29.9 Å². The Morgan fingerprint density at radius 3 is 2.77 bits per heavy atom. The maximum Gasteiger partial charge on any atom is 0.0955 e. The summed E-state index contributed by atoms with van der Waals surface area (Å²) in [5, 5.41) is 11.1. The lowest BCUT2D eigenvalue weighted by Crippen LogP contribution is -2.30. The predicted octanol–water partition coefficient (Wildman–Crippen LogP) is 2.21. The van der Waals surface area contributed by atoms with Gasteiger partial charge in [0.1, 0.15) is 0 Å². The van der Waals surface area contributed by atoms with Gasteiger partial charge in [0, 0.05) is 19.8 Å². The number of nitrogens with zero attached hydrogens (tertiary/aromatic N) is 5. The van der Waals surface area contributed by atoms with E-state index in [0.29, 0.717) is 6.42 Å². The summed E-state index contributed by atoms with van der Waals surface area (Å²) in [5.74, 6) is 0. The van der Waals surface area contributed by atoms with Gasteiger partial charge >= 0.3 is 0 Å². The molecule has 2 aromatic heterocycles. The first-order valence-corrected chi connectivity index (χ1v) is 9.08. The number of pyridine rings is 1. The first-order chi connectivity index (χ1) is 12.6. The van der Waals surface area contributed by atoms with E-state index in [1.54, 1.807) is 0 Å². The molecule has 1 aliphatic carbocycles. The third-order valence-corrected chi connectivity index (χ3v) is 5.00. The van der Waals surface area contributed by atoms with E-state index in [9.17, 15) is 0 Å². The van der Waals surface area contributed by atoms with Crippen LogP contribution in [-0.4, -0.2) is 21.6 Å². The maximum atomic E-state index is 8.94. The fourth-order valence-corrected chi connectivity index (χ4v) is 3.44. The van der Waals surface area contributed by atoms with Gasteiger partial charge in [0.15, 0.2) is 0 Å². The molecule has 2 aromatic rings. The summed E-state index contributed by atoms with van der Waals surface area (Å²) < 4.78 is 2.06. The molecule has 2 heterocycles. The van der Waals surface area contributed by atoms with E-state index < -0.39 is 0 Å². The third-order valence-electron chi connectivity index (χ3n) is 5.00. The predicted molar refractivity (Wildman–Crippen MR) is 105 cm³/mol. The van der Waals surface area contributed by atoms with Gasteiger partial charge < -0.3 is 9.47 Å². The van der Waals surface area contributed by atoms with Crippen LogP contribution in [0.5, 0.6) is 0 Å². The van der Waals surface area contributed by atoms with Crippen LogP contribution >= 0.6 is 0 Å². The van der Waals surface area contributed by atoms with Crippen LogP contribution in [0.2, 0.25) is 0 Å². The van der Waals surface area contributed by atoms with Gasteiger partial charge in [-0.15, -0.1) is 0 Å². The Morgan fingerprint density at radius 1 is 1.27 bits per heavy atom. The van der Waals surface area contributed by atoms with Crippen molar-refractivity contribution in [2.45, 2.75) is 39.5 Å². The van der Waals surface area contributed by atoms with E-state index in [-0.39, 0.29) is 0 Å². The average molecular weight is 347 g/mol. The summed E-state index contributed by atoms with van der Waals surface area (Å²) in [6.07, 6.45) is 11.3. The largest absolute Gasteiger partial charge is 0.343 e. The number of allylic oxidation sites excluding steroid dienone is 2. The number of hydrogen-bond donors (Lipinski definition) is 0. The molecule has 0 N–H and O–H groups in total. The molecule has 0 fully saturated rings. The van der Waals surface area contributed by atoms with Gasteiger partial charge in [-0.3, -0.25) is 4.98 Å². The highest BCUT2D eigenvalue weighted by molar-refractivity contribution is 5.67. The van der Waals surface area contributed by atoms with Crippen LogP contribution in [0.3, 0.4) is 0 Å².